The van der Waals surface area contributed by atoms with Crippen molar-refractivity contribution in [3.05, 3.63) is 29.3 Å². The molecule has 2 amide bonds. The Morgan fingerprint density at radius 3 is 2.61 bits per heavy atom. The van der Waals surface area contributed by atoms with Crippen molar-refractivity contribution in [2.24, 2.45) is 11.8 Å². The summed E-state index contributed by atoms with van der Waals surface area (Å²) in [4.78, 5) is 17.7. The molecule has 4 heteroatoms. The molecule has 1 spiro atoms. The first kappa shape index (κ1) is 18.5. The Balaban J connectivity index is 1.37. The summed E-state index contributed by atoms with van der Waals surface area (Å²) in [5.74, 6) is 1.97. The van der Waals surface area contributed by atoms with Crippen LogP contribution >= 0.6 is 0 Å². The molecule has 2 aliphatic carbocycles. The van der Waals surface area contributed by atoms with Crippen LogP contribution in [0.25, 0.3) is 0 Å². The summed E-state index contributed by atoms with van der Waals surface area (Å²) in [6.45, 7) is 9.48. The number of carbonyl (C=O) groups excluding carboxylic acids is 1. The number of amides is 2. The summed E-state index contributed by atoms with van der Waals surface area (Å²) < 4.78 is 0. The Morgan fingerprint density at radius 1 is 1.18 bits per heavy atom. The van der Waals surface area contributed by atoms with Crippen LogP contribution in [0.2, 0.25) is 0 Å². The molecule has 1 saturated heterocycles. The lowest BCUT2D eigenvalue weighted by Gasteiger charge is -2.44. The minimum atomic E-state index is 0.0625. The molecule has 2 bridgehead atoms. The molecular weight excluding hydrogens is 346 g/mol. The summed E-state index contributed by atoms with van der Waals surface area (Å²) in [5.41, 5.74) is 4.00. The van der Waals surface area contributed by atoms with E-state index in [9.17, 15) is 4.79 Å². The van der Waals surface area contributed by atoms with Crippen molar-refractivity contribution in [1.82, 2.24) is 10.2 Å². The van der Waals surface area contributed by atoms with Gasteiger partial charge in [0, 0.05) is 29.7 Å². The molecule has 2 aliphatic heterocycles. The first-order valence-electron chi connectivity index (χ1n) is 11.4. The van der Waals surface area contributed by atoms with Crippen molar-refractivity contribution in [3.8, 4) is 0 Å². The third kappa shape index (κ3) is 2.96. The normalized spacial score (nSPS) is 31.0. The predicted octanol–water partition coefficient (Wildman–Crippen LogP) is 4.46. The van der Waals surface area contributed by atoms with Crippen LogP contribution in [0.5, 0.6) is 0 Å². The van der Waals surface area contributed by atoms with E-state index in [4.69, 9.17) is 0 Å². The molecule has 3 atom stereocenters. The summed E-state index contributed by atoms with van der Waals surface area (Å²) in [6, 6.07) is 7.74. The van der Waals surface area contributed by atoms with Gasteiger partial charge in [0.25, 0.3) is 0 Å². The number of hydrogen-bond acceptors (Lipinski definition) is 2. The van der Waals surface area contributed by atoms with E-state index in [-0.39, 0.29) is 17.5 Å². The van der Waals surface area contributed by atoms with Gasteiger partial charge in [-0.1, -0.05) is 24.1 Å². The molecular formula is C24H35N3O. The lowest BCUT2D eigenvalue weighted by molar-refractivity contribution is 0.0877. The van der Waals surface area contributed by atoms with E-state index in [0.29, 0.717) is 0 Å². The smallest absolute Gasteiger partial charge is 0.322 e. The van der Waals surface area contributed by atoms with Gasteiger partial charge in [0.15, 0.2) is 0 Å². The van der Waals surface area contributed by atoms with Crippen LogP contribution in [0, 0.1) is 18.8 Å². The minimum absolute atomic E-state index is 0.0625. The molecule has 4 nitrogen and oxygen atoms in total. The number of aryl methyl sites for hydroxylation is 1. The number of hydrogen-bond donors (Lipinski definition) is 1. The SMILES string of the molecule is Cc1ccc2c(c1)C1(CCN(C3CC4CCC3C4)CC1)CN2C(=O)NC(C)C. The van der Waals surface area contributed by atoms with Crippen LogP contribution in [-0.4, -0.2) is 42.6 Å². The maximum atomic E-state index is 12.9. The number of likely N-dealkylation sites (tertiary alicyclic amines) is 1. The Kier molecular flexibility index (Phi) is 4.46. The Bertz CT molecular complexity index is 765. The summed E-state index contributed by atoms with van der Waals surface area (Å²) in [7, 11) is 0. The number of anilines is 1. The highest BCUT2D eigenvalue weighted by molar-refractivity contribution is 5.95. The maximum absolute atomic E-state index is 12.9. The molecule has 1 N–H and O–H groups in total. The van der Waals surface area contributed by atoms with Crippen molar-refractivity contribution >= 4 is 11.7 Å². The van der Waals surface area contributed by atoms with Crippen LogP contribution in [0.4, 0.5) is 10.5 Å². The molecule has 3 unspecified atom stereocenters. The van der Waals surface area contributed by atoms with Crippen LogP contribution in [0.3, 0.4) is 0 Å². The third-order valence-electron chi connectivity index (χ3n) is 8.06. The van der Waals surface area contributed by atoms with Crippen molar-refractivity contribution in [1.29, 1.82) is 0 Å². The summed E-state index contributed by atoms with van der Waals surface area (Å²) in [6.07, 6.45) is 8.23. The quantitative estimate of drug-likeness (QED) is 0.821. The van der Waals surface area contributed by atoms with Crippen molar-refractivity contribution in [2.75, 3.05) is 24.5 Å². The molecule has 2 saturated carbocycles. The highest BCUT2D eigenvalue weighted by atomic mass is 16.2. The minimum Gasteiger partial charge on any atom is -0.336 e. The predicted molar refractivity (Wildman–Crippen MR) is 114 cm³/mol. The lowest BCUT2D eigenvalue weighted by Crippen LogP contribution is -2.51. The number of rotatable bonds is 2. The van der Waals surface area contributed by atoms with Gasteiger partial charge in [0.05, 0.1) is 0 Å². The molecule has 1 aromatic rings. The number of carbonyl (C=O) groups is 1. The monoisotopic (exact) mass is 381 g/mol. The second-order valence-corrected chi connectivity index (χ2v) is 10.3. The van der Waals surface area contributed by atoms with E-state index in [0.717, 1.165) is 30.1 Å². The zero-order valence-corrected chi connectivity index (χ0v) is 17.7. The standard InChI is InChI=1S/C24H35N3O/c1-16(2)25-23(28)27-15-24(20-12-17(3)4-7-21(20)27)8-10-26(11-9-24)22-14-18-5-6-19(22)13-18/h4,7,12,16,18-19,22H,5-6,8-11,13-15H2,1-3H3,(H,25,28). The number of nitrogens with one attached hydrogen (secondary N) is 1. The fourth-order valence-electron chi connectivity index (χ4n) is 6.66. The molecule has 0 aromatic heterocycles. The molecule has 2 heterocycles. The number of piperidine rings is 1. The van der Waals surface area contributed by atoms with E-state index < -0.39 is 0 Å². The van der Waals surface area contributed by atoms with E-state index in [1.54, 1.807) is 0 Å². The van der Waals surface area contributed by atoms with Crippen molar-refractivity contribution in [3.63, 3.8) is 0 Å². The van der Waals surface area contributed by atoms with Gasteiger partial charge in [-0.2, -0.15) is 0 Å². The number of urea groups is 1. The maximum Gasteiger partial charge on any atom is 0.322 e. The lowest BCUT2D eigenvalue weighted by atomic mass is 9.73. The molecule has 1 aromatic carbocycles. The van der Waals surface area contributed by atoms with Gasteiger partial charge in [0.1, 0.15) is 0 Å². The highest BCUT2D eigenvalue weighted by Crippen LogP contribution is 2.51. The van der Waals surface area contributed by atoms with Gasteiger partial charge in [-0.15, -0.1) is 0 Å². The van der Waals surface area contributed by atoms with Gasteiger partial charge in [0.2, 0.25) is 0 Å². The average molecular weight is 382 g/mol. The number of benzene rings is 1. The van der Waals surface area contributed by atoms with Crippen LogP contribution in [-0.2, 0) is 5.41 Å². The fraction of sp³-hybridized carbons (Fsp3) is 0.708. The zero-order chi connectivity index (χ0) is 19.5. The molecule has 3 fully saturated rings. The zero-order valence-electron chi connectivity index (χ0n) is 17.7. The van der Waals surface area contributed by atoms with Crippen LogP contribution in [0.1, 0.15) is 63.5 Å². The van der Waals surface area contributed by atoms with E-state index in [1.807, 2.05) is 18.7 Å². The van der Waals surface area contributed by atoms with Gasteiger partial charge < -0.3 is 10.2 Å². The fourth-order valence-corrected chi connectivity index (χ4v) is 6.66. The largest absolute Gasteiger partial charge is 0.336 e. The first-order valence-corrected chi connectivity index (χ1v) is 11.4. The van der Waals surface area contributed by atoms with Crippen LogP contribution < -0.4 is 10.2 Å². The van der Waals surface area contributed by atoms with Gasteiger partial charge in [-0.25, -0.2) is 4.79 Å². The van der Waals surface area contributed by atoms with Crippen molar-refractivity contribution < 1.29 is 4.79 Å². The molecule has 152 valence electrons. The summed E-state index contributed by atoms with van der Waals surface area (Å²) in [5, 5.41) is 3.11. The van der Waals surface area contributed by atoms with Crippen molar-refractivity contribution in [2.45, 2.75) is 76.8 Å². The van der Waals surface area contributed by atoms with Crippen LogP contribution in [0.15, 0.2) is 18.2 Å². The van der Waals surface area contributed by atoms with E-state index >= 15 is 0 Å². The van der Waals surface area contributed by atoms with Gasteiger partial charge in [-0.05, 0) is 89.4 Å². The molecule has 0 radical (unpaired) electrons. The van der Waals surface area contributed by atoms with E-state index in [2.05, 4.69) is 35.3 Å². The Morgan fingerprint density at radius 2 is 1.96 bits per heavy atom. The highest BCUT2D eigenvalue weighted by Gasteiger charge is 2.49. The third-order valence-corrected chi connectivity index (χ3v) is 8.06. The average Bonchev–Trinajstić information content (AvgIpc) is 3.36. The second-order valence-electron chi connectivity index (χ2n) is 10.3. The van der Waals surface area contributed by atoms with E-state index in [1.165, 1.54) is 62.7 Å². The molecule has 4 aliphatic rings. The van der Waals surface area contributed by atoms with Gasteiger partial charge >= 0.3 is 6.03 Å². The first-order chi connectivity index (χ1) is 13.4. The number of nitrogens with zero attached hydrogens (tertiary/aromatic N) is 2. The topological polar surface area (TPSA) is 35.6 Å². The molecule has 28 heavy (non-hydrogen) atoms. The second kappa shape index (κ2) is 6.76. The Hall–Kier alpha value is -1.55. The van der Waals surface area contributed by atoms with Gasteiger partial charge in [-0.3, -0.25) is 4.90 Å². The summed E-state index contributed by atoms with van der Waals surface area (Å²) >= 11 is 0. The number of fused-ring (bicyclic) bond motifs is 4. The Labute approximate surface area is 169 Å². The molecule has 5 rings (SSSR count).